The lowest BCUT2D eigenvalue weighted by molar-refractivity contribution is -0.115. The molecule has 4 aromatic rings. The second kappa shape index (κ2) is 10.5. The zero-order valence-electron chi connectivity index (χ0n) is 18.7. The predicted molar refractivity (Wildman–Crippen MR) is 136 cm³/mol. The van der Waals surface area contributed by atoms with E-state index in [0.717, 1.165) is 5.56 Å². The molecule has 0 spiro atoms. The Morgan fingerprint density at radius 1 is 0.914 bits per heavy atom. The molecule has 4 nitrogen and oxygen atoms in total. The minimum absolute atomic E-state index is 0.0528. The van der Waals surface area contributed by atoms with Crippen LogP contribution in [0.1, 0.15) is 24.5 Å². The molecule has 0 bridgehead atoms. The Balaban J connectivity index is 1.47. The van der Waals surface area contributed by atoms with Crippen molar-refractivity contribution in [3.05, 3.63) is 100 Å². The van der Waals surface area contributed by atoms with Crippen molar-refractivity contribution in [3.63, 3.8) is 0 Å². The summed E-state index contributed by atoms with van der Waals surface area (Å²) in [6.45, 7) is 1.44. The molecule has 0 saturated carbocycles. The van der Waals surface area contributed by atoms with E-state index in [-0.39, 0.29) is 24.3 Å². The third kappa shape index (κ3) is 5.84. The Hall–Kier alpha value is -3.35. The van der Waals surface area contributed by atoms with Gasteiger partial charge in [0.1, 0.15) is 0 Å². The highest BCUT2D eigenvalue weighted by Crippen LogP contribution is 2.35. The third-order valence-electron chi connectivity index (χ3n) is 5.51. The van der Waals surface area contributed by atoms with Crippen LogP contribution in [0.3, 0.4) is 0 Å². The van der Waals surface area contributed by atoms with Gasteiger partial charge in [0.25, 0.3) is 5.92 Å². The molecule has 1 N–H and O–H groups in total. The number of amides is 1. The number of rotatable bonds is 7. The summed E-state index contributed by atoms with van der Waals surface area (Å²) in [4.78, 5) is 21.4. The molecule has 1 amide bonds. The third-order valence-corrected chi connectivity index (χ3v) is 6.06. The summed E-state index contributed by atoms with van der Waals surface area (Å²) in [7, 11) is 0. The van der Waals surface area contributed by atoms with E-state index in [1.165, 1.54) is 19.1 Å². The predicted octanol–water partition coefficient (Wildman–Crippen LogP) is 7.80. The number of benzene rings is 3. The maximum Gasteiger partial charge on any atom is 0.273 e. The normalized spacial score (nSPS) is 11.3. The number of anilines is 1. The van der Waals surface area contributed by atoms with Crippen LogP contribution in [0.5, 0.6) is 0 Å². The average molecular weight is 512 g/mol. The minimum atomic E-state index is -2.87. The van der Waals surface area contributed by atoms with Crippen molar-refractivity contribution in [3.8, 4) is 22.5 Å². The molecule has 0 saturated heterocycles. The fraction of sp³-hybridized carbons (Fsp3) is 0.148. The number of nitrogens with zero attached hydrogens (tertiary/aromatic N) is 2. The van der Waals surface area contributed by atoms with Crippen LogP contribution in [-0.4, -0.2) is 15.9 Å². The van der Waals surface area contributed by atoms with E-state index in [1.54, 1.807) is 54.9 Å². The highest BCUT2D eigenvalue weighted by molar-refractivity contribution is 6.36. The molecule has 178 valence electrons. The second-order valence-corrected chi connectivity index (χ2v) is 8.78. The van der Waals surface area contributed by atoms with Crippen molar-refractivity contribution in [1.29, 1.82) is 0 Å². The van der Waals surface area contributed by atoms with Gasteiger partial charge in [-0.05, 0) is 35.9 Å². The molecule has 1 aromatic heterocycles. The highest BCUT2D eigenvalue weighted by atomic mass is 35.5. The van der Waals surface area contributed by atoms with E-state index < -0.39 is 5.92 Å². The van der Waals surface area contributed by atoms with E-state index in [9.17, 15) is 13.6 Å². The lowest BCUT2D eigenvalue weighted by Gasteiger charge is -2.14. The first-order valence-corrected chi connectivity index (χ1v) is 11.7. The number of aromatic nitrogens is 2. The summed E-state index contributed by atoms with van der Waals surface area (Å²) >= 11 is 12.4. The number of carbonyl (C=O) groups is 1. The summed E-state index contributed by atoms with van der Waals surface area (Å²) in [6.07, 6.45) is 2.99. The Labute approximate surface area is 212 Å². The fourth-order valence-corrected chi connectivity index (χ4v) is 4.10. The van der Waals surface area contributed by atoms with Gasteiger partial charge < -0.3 is 5.32 Å². The van der Waals surface area contributed by atoms with E-state index in [1.807, 2.05) is 12.1 Å². The zero-order chi connectivity index (χ0) is 25.0. The molecule has 8 heteroatoms. The first kappa shape index (κ1) is 24.8. The summed E-state index contributed by atoms with van der Waals surface area (Å²) < 4.78 is 27.6. The lowest BCUT2D eigenvalue weighted by Crippen LogP contribution is -2.15. The van der Waals surface area contributed by atoms with Crippen LogP contribution in [0.2, 0.25) is 10.0 Å². The summed E-state index contributed by atoms with van der Waals surface area (Å²) in [6, 6.07) is 18.2. The van der Waals surface area contributed by atoms with Crippen LogP contribution in [-0.2, 0) is 17.1 Å². The van der Waals surface area contributed by atoms with E-state index in [4.69, 9.17) is 23.2 Å². The Morgan fingerprint density at radius 3 is 2.20 bits per heavy atom. The summed E-state index contributed by atoms with van der Waals surface area (Å²) in [5.74, 6) is -3.12. The standard InChI is InChI=1S/C27H21Cl2F2N3O/c1-2-27(30,31)19-7-3-17(4-8-19)15-24(35)34-21-10-5-18(6-11-21)25-26(33-14-13-32-25)22-12-9-20(28)16-23(22)29/h3-14,16H,2,15H2,1H3,(H,34,35). The van der Waals surface area contributed by atoms with Gasteiger partial charge in [0.2, 0.25) is 5.91 Å². The zero-order valence-corrected chi connectivity index (χ0v) is 20.2. The Morgan fingerprint density at radius 2 is 1.57 bits per heavy atom. The second-order valence-electron chi connectivity index (χ2n) is 7.93. The van der Waals surface area contributed by atoms with Gasteiger partial charge in [-0.15, -0.1) is 0 Å². The molecule has 0 aliphatic rings. The lowest BCUT2D eigenvalue weighted by atomic mass is 10.0. The average Bonchev–Trinajstić information content (AvgIpc) is 2.85. The van der Waals surface area contributed by atoms with Gasteiger partial charge in [0.15, 0.2) is 0 Å². The van der Waals surface area contributed by atoms with Gasteiger partial charge in [0.05, 0.1) is 22.8 Å². The van der Waals surface area contributed by atoms with Crippen LogP contribution < -0.4 is 5.32 Å². The van der Waals surface area contributed by atoms with Gasteiger partial charge >= 0.3 is 0 Å². The topological polar surface area (TPSA) is 54.9 Å². The summed E-state index contributed by atoms with van der Waals surface area (Å²) in [5.41, 5.74) is 3.95. The molecule has 0 aliphatic carbocycles. The van der Waals surface area contributed by atoms with Gasteiger partial charge in [0, 0.05) is 46.2 Å². The Bertz CT molecular complexity index is 1340. The van der Waals surface area contributed by atoms with Gasteiger partial charge in [-0.1, -0.05) is 66.5 Å². The van der Waals surface area contributed by atoms with Crippen molar-refractivity contribution in [2.24, 2.45) is 0 Å². The maximum absolute atomic E-state index is 13.8. The van der Waals surface area contributed by atoms with Gasteiger partial charge in [-0.3, -0.25) is 14.8 Å². The maximum atomic E-state index is 13.8. The van der Waals surface area contributed by atoms with E-state index in [2.05, 4.69) is 15.3 Å². The van der Waals surface area contributed by atoms with Gasteiger partial charge in [-0.25, -0.2) is 8.78 Å². The molecule has 1 heterocycles. The Kier molecular flexibility index (Phi) is 7.43. The first-order valence-electron chi connectivity index (χ1n) is 10.9. The number of nitrogens with one attached hydrogen (secondary N) is 1. The molecule has 0 unspecified atom stereocenters. The molecule has 4 rings (SSSR count). The molecule has 0 fully saturated rings. The van der Waals surface area contributed by atoms with Crippen LogP contribution >= 0.6 is 23.2 Å². The monoisotopic (exact) mass is 511 g/mol. The van der Waals surface area contributed by atoms with Crippen LogP contribution in [0.25, 0.3) is 22.5 Å². The molecular formula is C27H21Cl2F2N3O. The van der Waals surface area contributed by atoms with Crippen molar-refractivity contribution < 1.29 is 13.6 Å². The molecule has 0 atom stereocenters. The van der Waals surface area contributed by atoms with E-state index in [0.29, 0.717) is 38.2 Å². The smallest absolute Gasteiger partial charge is 0.273 e. The molecular weight excluding hydrogens is 491 g/mol. The number of alkyl halides is 2. The number of hydrogen-bond acceptors (Lipinski definition) is 3. The quantitative estimate of drug-likeness (QED) is 0.275. The molecule has 3 aromatic carbocycles. The van der Waals surface area contributed by atoms with Crippen LogP contribution in [0.15, 0.2) is 79.1 Å². The van der Waals surface area contributed by atoms with E-state index >= 15 is 0 Å². The SMILES string of the molecule is CCC(F)(F)c1ccc(CC(=O)Nc2ccc(-c3nccnc3-c3ccc(Cl)cc3Cl)cc2)cc1. The molecule has 0 radical (unpaired) electrons. The minimum Gasteiger partial charge on any atom is -0.326 e. The number of halogens is 4. The highest BCUT2D eigenvalue weighted by Gasteiger charge is 2.28. The first-order chi connectivity index (χ1) is 16.8. The van der Waals surface area contributed by atoms with Crippen molar-refractivity contribution >= 4 is 34.8 Å². The summed E-state index contributed by atoms with van der Waals surface area (Å²) in [5, 5.41) is 3.82. The number of hydrogen-bond donors (Lipinski definition) is 1. The van der Waals surface area contributed by atoms with Crippen LogP contribution in [0, 0.1) is 0 Å². The largest absolute Gasteiger partial charge is 0.326 e. The van der Waals surface area contributed by atoms with Crippen molar-refractivity contribution in [1.82, 2.24) is 9.97 Å². The molecule has 35 heavy (non-hydrogen) atoms. The van der Waals surface area contributed by atoms with Crippen molar-refractivity contribution in [2.75, 3.05) is 5.32 Å². The van der Waals surface area contributed by atoms with Crippen LogP contribution in [0.4, 0.5) is 14.5 Å². The van der Waals surface area contributed by atoms with Gasteiger partial charge in [-0.2, -0.15) is 0 Å². The molecule has 0 aliphatic heterocycles. The fourth-order valence-electron chi connectivity index (χ4n) is 3.60. The van der Waals surface area contributed by atoms with Crippen molar-refractivity contribution in [2.45, 2.75) is 25.7 Å². The number of carbonyl (C=O) groups excluding carboxylic acids is 1.